The van der Waals surface area contributed by atoms with Crippen LogP contribution in [0.2, 0.25) is 0 Å². The molecule has 0 bridgehead atoms. The number of aromatic nitrogens is 1. The highest BCUT2D eigenvalue weighted by Crippen LogP contribution is 2.33. The number of hydrogen-bond acceptors (Lipinski definition) is 3. The number of benzene rings is 1. The van der Waals surface area contributed by atoms with Crippen molar-refractivity contribution in [1.29, 1.82) is 0 Å². The fourth-order valence-corrected chi connectivity index (χ4v) is 2.11. The van der Waals surface area contributed by atoms with Crippen LogP contribution < -0.4 is 15.5 Å². The smallest absolute Gasteiger partial charge is 0.412 e. The lowest BCUT2D eigenvalue weighted by Gasteiger charge is -2.22. The van der Waals surface area contributed by atoms with Crippen LogP contribution in [0.4, 0.5) is 13.2 Å². The molecule has 1 atom stereocenters. The Balaban J connectivity index is 2.32. The normalized spacial score (nSPS) is 12.5. The first kappa shape index (κ1) is 17.6. The number of amides is 1. The zero-order chi connectivity index (χ0) is 17.9. The van der Waals surface area contributed by atoms with Gasteiger partial charge in [0.1, 0.15) is 11.3 Å². The minimum atomic E-state index is -4.72. The molecule has 5 nitrogen and oxygen atoms in total. The van der Waals surface area contributed by atoms with E-state index in [-0.39, 0.29) is 11.1 Å². The van der Waals surface area contributed by atoms with Crippen molar-refractivity contribution in [3.8, 4) is 5.75 Å². The Bertz CT molecular complexity index is 782. The first-order chi connectivity index (χ1) is 11.2. The standard InChI is InChI=1S/C16H15F3N2O3/c1-9-7-13(22)12(8-20-9)15(23)21-14(16(17,18)19)10-3-5-11(24-2)6-4-10/h3-8,14H,1-2H3,(H,20,22)(H,21,23)/t14-/m0/s1. The number of carbonyl (C=O) groups excluding carboxylic acids is 1. The van der Waals surface area contributed by atoms with Crippen molar-refractivity contribution < 1.29 is 22.7 Å². The molecule has 0 fully saturated rings. The van der Waals surface area contributed by atoms with Gasteiger partial charge in [0.05, 0.1) is 7.11 Å². The van der Waals surface area contributed by atoms with Crippen molar-refractivity contribution in [2.24, 2.45) is 0 Å². The van der Waals surface area contributed by atoms with Gasteiger partial charge in [-0.15, -0.1) is 0 Å². The Morgan fingerprint density at radius 2 is 1.88 bits per heavy atom. The average molecular weight is 340 g/mol. The van der Waals surface area contributed by atoms with Gasteiger partial charge in [-0.3, -0.25) is 9.59 Å². The lowest BCUT2D eigenvalue weighted by atomic mass is 10.1. The number of rotatable bonds is 4. The van der Waals surface area contributed by atoms with E-state index in [0.717, 1.165) is 12.3 Å². The maximum absolute atomic E-state index is 13.3. The number of alkyl halides is 3. The van der Waals surface area contributed by atoms with Gasteiger partial charge in [-0.1, -0.05) is 12.1 Å². The summed E-state index contributed by atoms with van der Waals surface area (Å²) < 4.78 is 44.8. The molecule has 2 rings (SSSR count). The van der Waals surface area contributed by atoms with Crippen molar-refractivity contribution in [3.05, 3.63) is 63.6 Å². The molecule has 0 aliphatic carbocycles. The van der Waals surface area contributed by atoms with Crippen molar-refractivity contribution in [1.82, 2.24) is 10.3 Å². The van der Waals surface area contributed by atoms with Crippen LogP contribution in [-0.2, 0) is 0 Å². The average Bonchev–Trinajstić information content (AvgIpc) is 2.51. The number of ether oxygens (including phenoxy) is 1. The third-order valence-corrected chi connectivity index (χ3v) is 3.35. The molecule has 128 valence electrons. The molecule has 0 spiro atoms. The van der Waals surface area contributed by atoms with Crippen LogP contribution in [0.5, 0.6) is 5.75 Å². The number of aryl methyl sites for hydroxylation is 1. The number of H-pyrrole nitrogens is 1. The highest BCUT2D eigenvalue weighted by atomic mass is 19.4. The molecule has 1 aromatic carbocycles. The second kappa shape index (κ2) is 6.77. The largest absolute Gasteiger partial charge is 0.497 e. The van der Waals surface area contributed by atoms with Crippen molar-refractivity contribution >= 4 is 5.91 Å². The Morgan fingerprint density at radius 1 is 1.25 bits per heavy atom. The molecule has 2 aromatic rings. The summed E-state index contributed by atoms with van der Waals surface area (Å²) in [6.45, 7) is 1.60. The third-order valence-electron chi connectivity index (χ3n) is 3.35. The molecular weight excluding hydrogens is 325 g/mol. The van der Waals surface area contributed by atoms with Gasteiger partial charge in [0.25, 0.3) is 5.91 Å². The summed E-state index contributed by atoms with van der Waals surface area (Å²) in [5, 5.41) is 1.86. The van der Waals surface area contributed by atoms with E-state index in [2.05, 4.69) is 4.98 Å². The maximum Gasteiger partial charge on any atom is 0.412 e. The Morgan fingerprint density at radius 3 is 2.38 bits per heavy atom. The predicted octanol–water partition coefficient (Wildman–Crippen LogP) is 2.73. The van der Waals surface area contributed by atoms with Crippen molar-refractivity contribution in [2.75, 3.05) is 7.11 Å². The summed E-state index contributed by atoms with van der Waals surface area (Å²) in [5.41, 5.74) is -0.706. The summed E-state index contributed by atoms with van der Waals surface area (Å²) in [5.74, 6) is -0.713. The summed E-state index contributed by atoms with van der Waals surface area (Å²) in [6, 6.07) is 4.03. The molecule has 0 radical (unpaired) electrons. The number of hydrogen-bond donors (Lipinski definition) is 2. The van der Waals surface area contributed by atoms with Gasteiger partial charge in [0.15, 0.2) is 11.5 Å². The zero-order valence-electron chi connectivity index (χ0n) is 12.9. The molecule has 1 aromatic heterocycles. The Labute approximate surface area is 135 Å². The second-order valence-electron chi connectivity index (χ2n) is 5.12. The number of nitrogens with one attached hydrogen (secondary N) is 2. The molecule has 8 heteroatoms. The second-order valence-corrected chi connectivity index (χ2v) is 5.12. The van der Waals surface area contributed by atoms with Crippen LogP contribution in [0.15, 0.2) is 41.3 Å². The lowest BCUT2D eigenvalue weighted by Crippen LogP contribution is -2.39. The van der Waals surface area contributed by atoms with Crippen LogP contribution in [0, 0.1) is 6.92 Å². The van der Waals surface area contributed by atoms with Crippen molar-refractivity contribution in [3.63, 3.8) is 0 Å². The fourth-order valence-electron chi connectivity index (χ4n) is 2.11. The summed E-state index contributed by atoms with van der Waals surface area (Å²) in [7, 11) is 1.39. The number of pyridine rings is 1. The van der Waals surface area contributed by atoms with Gasteiger partial charge in [0, 0.05) is 18.0 Å². The van der Waals surface area contributed by atoms with E-state index in [1.54, 1.807) is 6.92 Å². The summed E-state index contributed by atoms with van der Waals surface area (Å²) in [6.07, 6.45) is -3.63. The zero-order valence-corrected chi connectivity index (χ0v) is 12.9. The van der Waals surface area contributed by atoms with E-state index in [1.165, 1.54) is 31.4 Å². The van der Waals surface area contributed by atoms with Crippen LogP contribution in [0.3, 0.4) is 0 Å². The number of carbonyl (C=O) groups is 1. The SMILES string of the molecule is COc1ccc([C@H](NC(=O)c2c[nH]c(C)cc2=O)C(F)(F)F)cc1. The van der Waals surface area contributed by atoms with E-state index in [1.807, 2.05) is 5.32 Å². The predicted molar refractivity (Wildman–Crippen MR) is 81.1 cm³/mol. The molecule has 0 unspecified atom stereocenters. The minimum absolute atomic E-state index is 0.166. The van der Waals surface area contributed by atoms with Crippen LogP contribution in [0.25, 0.3) is 0 Å². The molecule has 2 N–H and O–H groups in total. The van der Waals surface area contributed by atoms with Gasteiger partial charge < -0.3 is 15.0 Å². The van der Waals surface area contributed by atoms with Crippen LogP contribution in [0.1, 0.15) is 27.7 Å². The van der Waals surface area contributed by atoms with E-state index in [4.69, 9.17) is 4.74 Å². The monoisotopic (exact) mass is 340 g/mol. The van der Waals surface area contributed by atoms with Gasteiger partial charge in [-0.2, -0.15) is 13.2 Å². The van der Waals surface area contributed by atoms with Crippen LogP contribution >= 0.6 is 0 Å². The quantitative estimate of drug-likeness (QED) is 0.899. The Kier molecular flexibility index (Phi) is 4.96. The summed E-state index contributed by atoms with van der Waals surface area (Å²) in [4.78, 5) is 26.5. The third kappa shape index (κ3) is 3.95. The highest BCUT2D eigenvalue weighted by molar-refractivity contribution is 5.94. The fraction of sp³-hybridized carbons (Fsp3) is 0.250. The van der Waals surface area contributed by atoms with Crippen LogP contribution in [-0.4, -0.2) is 24.2 Å². The van der Waals surface area contributed by atoms with Gasteiger partial charge in [0.2, 0.25) is 0 Å². The molecule has 0 saturated heterocycles. The maximum atomic E-state index is 13.3. The van der Waals surface area contributed by atoms with Gasteiger partial charge >= 0.3 is 6.18 Å². The molecular formula is C16H15F3N2O3. The van der Waals surface area contributed by atoms with Gasteiger partial charge in [-0.25, -0.2) is 0 Å². The van der Waals surface area contributed by atoms with Gasteiger partial charge in [-0.05, 0) is 24.6 Å². The molecule has 0 aliphatic heterocycles. The molecule has 1 amide bonds. The first-order valence-electron chi connectivity index (χ1n) is 6.93. The number of aromatic amines is 1. The molecule has 0 aliphatic rings. The number of halogens is 3. The molecule has 1 heterocycles. The molecule has 24 heavy (non-hydrogen) atoms. The Hall–Kier alpha value is -2.77. The van der Waals surface area contributed by atoms with E-state index in [0.29, 0.717) is 11.4 Å². The topological polar surface area (TPSA) is 71.2 Å². The van der Waals surface area contributed by atoms with E-state index < -0.39 is 23.6 Å². The summed E-state index contributed by atoms with van der Waals surface area (Å²) >= 11 is 0. The number of methoxy groups -OCH3 is 1. The first-order valence-corrected chi connectivity index (χ1v) is 6.93. The van der Waals surface area contributed by atoms with E-state index >= 15 is 0 Å². The van der Waals surface area contributed by atoms with E-state index in [9.17, 15) is 22.8 Å². The molecule has 0 saturated carbocycles. The minimum Gasteiger partial charge on any atom is -0.497 e. The van der Waals surface area contributed by atoms with Crippen molar-refractivity contribution in [2.45, 2.75) is 19.1 Å². The lowest BCUT2D eigenvalue weighted by molar-refractivity contribution is -0.155. The highest BCUT2D eigenvalue weighted by Gasteiger charge is 2.42.